The van der Waals surface area contributed by atoms with Gasteiger partial charge in [-0.05, 0) is 50.6 Å². The molecule has 1 fully saturated rings. The van der Waals surface area contributed by atoms with Crippen molar-refractivity contribution in [3.63, 3.8) is 0 Å². The van der Waals surface area contributed by atoms with Crippen LogP contribution in [-0.4, -0.2) is 34.5 Å². The first-order valence-corrected chi connectivity index (χ1v) is 11.0. The number of hydrogen-bond acceptors (Lipinski definition) is 5. The van der Waals surface area contributed by atoms with Crippen molar-refractivity contribution in [1.29, 1.82) is 0 Å². The molecule has 0 radical (unpaired) electrons. The summed E-state index contributed by atoms with van der Waals surface area (Å²) in [7, 11) is 0. The van der Waals surface area contributed by atoms with Gasteiger partial charge in [0.15, 0.2) is 0 Å². The highest BCUT2D eigenvalue weighted by molar-refractivity contribution is 6.06. The molecule has 1 aliphatic heterocycles. The first kappa shape index (κ1) is 24.6. The number of halogens is 4. The predicted octanol–water partition coefficient (Wildman–Crippen LogP) is 5.95. The molecule has 4 rings (SSSR count). The third-order valence-electron chi connectivity index (χ3n) is 5.37. The SMILES string of the molecule is CC(C)Oc1ccc(C(=O)Nc2c(-c3cc(F)ccc3F)ccnc2C2CCC(F)(F)CO2)cn1. The van der Waals surface area contributed by atoms with Crippen LogP contribution in [0.1, 0.15) is 48.8 Å². The van der Waals surface area contributed by atoms with E-state index in [-0.39, 0.29) is 40.6 Å². The fourth-order valence-corrected chi connectivity index (χ4v) is 3.73. The van der Waals surface area contributed by atoms with E-state index >= 15 is 0 Å². The summed E-state index contributed by atoms with van der Waals surface area (Å²) in [6.45, 7) is 2.86. The summed E-state index contributed by atoms with van der Waals surface area (Å²) < 4.78 is 66.8. The molecule has 6 nitrogen and oxygen atoms in total. The average molecular weight is 489 g/mol. The van der Waals surface area contributed by atoms with E-state index in [1.54, 1.807) is 0 Å². The summed E-state index contributed by atoms with van der Waals surface area (Å²) in [5.74, 6) is -4.67. The first-order valence-electron chi connectivity index (χ1n) is 11.0. The van der Waals surface area contributed by atoms with Gasteiger partial charge in [0, 0.05) is 36.0 Å². The monoisotopic (exact) mass is 489 g/mol. The predicted molar refractivity (Wildman–Crippen MR) is 120 cm³/mol. The number of rotatable bonds is 6. The molecule has 10 heteroatoms. The Morgan fingerprint density at radius 2 is 1.94 bits per heavy atom. The molecule has 2 aromatic heterocycles. The van der Waals surface area contributed by atoms with Gasteiger partial charge in [-0.3, -0.25) is 9.78 Å². The first-order chi connectivity index (χ1) is 16.6. The molecule has 1 N–H and O–H groups in total. The second kappa shape index (κ2) is 9.99. The maximum atomic E-state index is 14.7. The van der Waals surface area contributed by atoms with Gasteiger partial charge in [-0.1, -0.05) is 0 Å². The number of alkyl halides is 2. The van der Waals surface area contributed by atoms with E-state index in [0.29, 0.717) is 5.88 Å². The lowest BCUT2D eigenvalue weighted by Gasteiger charge is -2.30. The summed E-state index contributed by atoms with van der Waals surface area (Å²) in [5.41, 5.74) is 0.359. The van der Waals surface area contributed by atoms with Gasteiger partial charge in [-0.15, -0.1) is 0 Å². The van der Waals surface area contributed by atoms with Crippen molar-refractivity contribution in [3.05, 3.63) is 71.7 Å². The Morgan fingerprint density at radius 3 is 2.60 bits per heavy atom. The van der Waals surface area contributed by atoms with Crippen molar-refractivity contribution in [2.24, 2.45) is 0 Å². The number of nitrogens with zero attached hydrogens (tertiary/aromatic N) is 2. The normalized spacial score (nSPS) is 17.3. The minimum absolute atomic E-state index is 0.0414. The Morgan fingerprint density at radius 1 is 1.14 bits per heavy atom. The second-order valence-corrected chi connectivity index (χ2v) is 8.44. The Hall–Kier alpha value is -3.53. The lowest BCUT2D eigenvalue weighted by atomic mass is 9.97. The van der Waals surface area contributed by atoms with Gasteiger partial charge in [0.2, 0.25) is 5.88 Å². The zero-order chi connectivity index (χ0) is 25.2. The average Bonchev–Trinajstić information content (AvgIpc) is 2.81. The van der Waals surface area contributed by atoms with E-state index < -0.39 is 42.6 Å². The Labute approximate surface area is 199 Å². The van der Waals surface area contributed by atoms with Crippen LogP contribution in [0.15, 0.2) is 48.8 Å². The number of ether oxygens (including phenoxy) is 2. The van der Waals surface area contributed by atoms with Crippen molar-refractivity contribution in [3.8, 4) is 17.0 Å². The standard InChI is InChI=1S/C25H23F4N3O3/c1-14(2)35-21-6-3-15(12-31-21)24(33)32-22-17(18-11-16(26)4-5-19(18)27)8-10-30-23(22)20-7-9-25(28,29)13-34-20/h3-6,8,10-12,14,20H,7,9,13H2,1-2H3,(H,32,33). The molecule has 3 heterocycles. The maximum Gasteiger partial charge on any atom is 0.271 e. The molecular weight excluding hydrogens is 466 g/mol. The molecule has 1 atom stereocenters. The number of pyridine rings is 2. The quantitative estimate of drug-likeness (QED) is 0.434. The van der Waals surface area contributed by atoms with E-state index in [0.717, 1.165) is 18.2 Å². The van der Waals surface area contributed by atoms with E-state index in [1.165, 1.54) is 30.6 Å². The zero-order valence-corrected chi connectivity index (χ0v) is 19.0. The lowest BCUT2D eigenvalue weighted by molar-refractivity contribution is -0.146. The summed E-state index contributed by atoms with van der Waals surface area (Å²) in [4.78, 5) is 21.4. The van der Waals surface area contributed by atoms with Crippen molar-refractivity contribution in [1.82, 2.24) is 9.97 Å². The number of amides is 1. The molecule has 1 saturated heterocycles. The van der Waals surface area contributed by atoms with Crippen molar-refractivity contribution in [2.75, 3.05) is 11.9 Å². The van der Waals surface area contributed by atoms with Crippen LogP contribution in [-0.2, 0) is 4.74 Å². The van der Waals surface area contributed by atoms with Gasteiger partial charge in [0.1, 0.15) is 24.3 Å². The molecule has 0 spiro atoms. The van der Waals surface area contributed by atoms with Gasteiger partial charge >= 0.3 is 0 Å². The van der Waals surface area contributed by atoms with Crippen LogP contribution in [0.2, 0.25) is 0 Å². The second-order valence-electron chi connectivity index (χ2n) is 8.44. The smallest absolute Gasteiger partial charge is 0.271 e. The van der Waals surface area contributed by atoms with Gasteiger partial charge in [0.05, 0.1) is 23.0 Å². The molecule has 184 valence electrons. The number of hydrogen-bond donors (Lipinski definition) is 1. The van der Waals surface area contributed by atoms with E-state index in [2.05, 4.69) is 15.3 Å². The topological polar surface area (TPSA) is 73.3 Å². The number of carbonyl (C=O) groups is 1. The molecule has 1 aromatic carbocycles. The number of aromatic nitrogens is 2. The minimum Gasteiger partial charge on any atom is -0.475 e. The third-order valence-corrected chi connectivity index (χ3v) is 5.37. The van der Waals surface area contributed by atoms with E-state index in [1.807, 2.05) is 13.8 Å². The number of carbonyl (C=O) groups excluding carboxylic acids is 1. The fraction of sp³-hybridized carbons (Fsp3) is 0.320. The number of benzene rings is 1. The maximum absolute atomic E-state index is 14.7. The van der Waals surface area contributed by atoms with E-state index in [4.69, 9.17) is 9.47 Å². The molecule has 35 heavy (non-hydrogen) atoms. The molecule has 0 aliphatic carbocycles. The molecule has 1 unspecified atom stereocenters. The zero-order valence-electron chi connectivity index (χ0n) is 19.0. The number of nitrogens with one attached hydrogen (secondary N) is 1. The molecule has 1 amide bonds. The molecule has 1 aliphatic rings. The van der Waals surface area contributed by atoms with Crippen LogP contribution in [0.25, 0.3) is 11.1 Å². The van der Waals surface area contributed by atoms with Gasteiger partial charge in [0.25, 0.3) is 11.8 Å². The Kier molecular flexibility index (Phi) is 7.02. The van der Waals surface area contributed by atoms with Crippen molar-refractivity contribution >= 4 is 11.6 Å². The molecule has 0 saturated carbocycles. The Balaban J connectivity index is 1.72. The van der Waals surface area contributed by atoms with Crippen LogP contribution < -0.4 is 10.1 Å². The van der Waals surface area contributed by atoms with Crippen molar-refractivity contribution < 1.29 is 31.8 Å². The van der Waals surface area contributed by atoms with Crippen LogP contribution in [0.4, 0.5) is 23.2 Å². The van der Waals surface area contributed by atoms with Crippen LogP contribution >= 0.6 is 0 Å². The summed E-state index contributed by atoms with van der Waals surface area (Å²) in [6.07, 6.45) is 1.16. The van der Waals surface area contributed by atoms with Crippen molar-refractivity contribution in [2.45, 2.75) is 44.8 Å². The molecular formula is C25H23F4N3O3. The molecule has 3 aromatic rings. The van der Waals surface area contributed by atoms with Crippen LogP contribution in [0.3, 0.4) is 0 Å². The minimum atomic E-state index is -2.97. The lowest BCUT2D eigenvalue weighted by Crippen LogP contribution is -2.31. The van der Waals surface area contributed by atoms with E-state index in [9.17, 15) is 22.4 Å². The highest BCUT2D eigenvalue weighted by atomic mass is 19.3. The van der Waals surface area contributed by atoms with Crippen LogP contribution in [0.5, 0.6) is 5.88 Å². The van der Waals surface area contributed by atoms with Gasteiger partial charge < -0.3 is 14.8 Å². The largest absolute Gasteiger partial charge is 0.475 e. The number of anilines is 1. The highest BCUT2D eigenvalue weighted by Gasteiger charge is 2.38. The third kappa shape index (κ3) is 5.76. The fourth-order valence-electron chi connectivity index (χ4n) is 3.73. The summed E-state index contributed by atoms with van der Waals surface area (Å²) in [6, 6.07) is 7.35. The molecule has 0 bridgehead atoms. The summed E-state index contributed by atoms with van der Waals surface area (Å²) in [5, 5.41) is 2.68. The Bertz CT molecular complexity index is 1210. The summed E-state index contributed by atoms with van der Waals surface area (Å²) >= 11 is 0. The van der Waals surface area contributed by atoms with Crippen LogP contribution in [0, 0.1) is 11.6 Å². The van der Waals surface area contributed by atoms with Gasteiger partial charge in [-0.25, -0.2) is 22.5 Å². The van der Waals surface area contributed by atoms with Gasteiger partial charge in [-0.2, -0.15) is 0 Å². The highest BCUT2D eigenvalue weighted by Crippen LogP contribution is 2.41.